The summed E-state index contributed by atoms with van der Waals surface area (Å²) >= 11 is 1.37. The van der Waals surface area contributed by atoms with Crippen LogP contribution in [0.25, 0.3) is 0 Å². The number of carbonyl (C=O) groups is 1. The predicted octanol–water partition coefficient (Wildman–Crippen LogP) is 2.21. The highest BCUT2D eigenvalue weighted by molar-refractivity contribution is 7.10. The molecule has 0 atom stereocenters. The minimum atomic E-state index is -0.977. The number of nitrogens with two attached hydrogens (primary N) is 1. The second-order valence-corrected chi connectivity index (χ2v) is 5.54. The van der Waals surface area contributed by atoms with Gasteiger partial charge < -0.3 is 10.8 Å². The maximum atomic E-state index is 10.8. The molecule has 1 fully saturated rings. The van der Waals surface area contributed by atoms with Crippen molar-refractivity contribution in [3.05, 3.63) is 16.1 Å². The van der Waals surface area contributed by atoms with E-state index in [1.807, 2.05) is 0 Å². The number of aromatic nitrogens is 1. The van der Waals surface area contributed by atoms with Crippen LogP contribution >= 0.6 is 11.3 Å². The Kier molecular flexibility index (Phi) is 2.99. The van der Waals surface area contributed by atoms with Crippen molar-refractivity contribution >= 4 is 17.3 Å². The average Bonchev–Trinajstić information content (AvgIpc) is 2.72. The molecule has 1 aliphatic carbocycles. The van der Waals surface area contributed by atoms with Gasteiger partial charge in [-0.3, -0.25) is 0 Å². The Morgan fingerprint density at radius 1 is 1.62 bits per heavy atom. The molecule has 4 nitrogen and oxygen atoms in total. The molecular weight excluding hydrogens is 224 g/mol. The quantitative estimate of drug-likeness (QED) is 0.831. The Morgan fingerprint density at radius 3 is 2.75 bits per heavy atom. The first kappa shape index (κ1) is 11.5. The molecule has 5 heteroatoms. The summed E-state index contributed by atoms with van der Waals surface area (Å²) < 4.78 is 0. The molecule has 0 aliphatic heterocycles. The molecule has 0 unspecified atom stereocenters. The van der Waals surface area contributed by atoms with E-state index in [1.54, 1.807) is 5.38 Å². The largest absolute Gasteiger partial charge is 0.476 e. The van der Waals surface area contributed by atoms with Gasteiger partial charge in [0.05, 0.1) is 5.54 Å². The van der Waals surface area contributed by atoms with Gasteiger partial charge in [0.2, 0.25) is 0 Å². The second-order valence-electron chi connectivity index (χ2n) is 4.68. The summed E-state index contributed by atoms with van der Waals surface area (Å²) in [6.45, 7) is 2.23. The van der Waals surface area contributed by atoms with E-state index in [1.165, 1.54) is 11.3 Å². The van der Waals surface area contributed by atoms with Crippen LogP contribution in [0.15, 0.2) is 5.38 Å². The molecule has 1 aromatic rings. The standard InChI is InChI=1S/C11H16N2O2S/c1-7-2-4-11(12,5-3-7)10-13-8(6-16-10)9(14)15/h6-7H,2-5,12H2,1H3,(H,14,15). The van der Waals surface area contributed by atoms with Crippen molar-refractivity contribution in [2.75, 3.05) is 0 Å². The summed E-state index contributed by atoms with van der Waals surface area (Å²) in [5, 5.41) is 11.2. The van der Waals surface area contributed by atoms with Gasteiger partial charge in [-0.2, -0.15) is 0 Å². The number of carboxylic acid groups (broad SMARTS) is 1. The molecule has 1 heterocycles. The van der Waals surface area contributed by atoms with Crippen molar-refractivity contribution in [2.45, 2.75) is 38.1 Å². The first-order valence-corrected chi connectivity index (χ1v) is 6.37. The average molecular weight is 240 g/mol. The van der Waals surface area contributed by atoms with Crippen LogP contribution in [0.1, 0.15) is 48.1 Å². The van der Waals surface area contributed by atoms with E-state index in [2.05, 4.69) is 11.9 Å². The number of rotatable bonds is 2. The third-order valence-corrected chi connectivity index (χ3v) is 4.38. The molecule has 0 saturated heterocycles. The minimum absolute atomic E-state index is 0.114. The van der Waals surface area contributed by atoms with E-state index in [9.17, 15) is 4.79 Å². The van der Waals surface area contributed by atoms with Crippen LogP contribution < -0.4 is 5.73 Å². The van der Waals surface area contributed by atoms with Crippen molar-refractivity contribution in [3.63, 3.8) is 0 Å². The van der Waals surface area contributed by atoms with Crippen LogP contribution in [0.5, 0.6) is 0 Å². The highest BCUT2D eigenvalue weighted by atomic mass is 32.1. The molecule has 2 rings (SSSR count). The maximum Gasteiger partial charge on any atom is 0.355 e. The smallest absolute Gasteiger partial charge is 0.355 e. The lowest BCUT2D eigenvalue weighted by molar-refractivity contribution is 0.0690. The number of aromatic carboxylic acids is 1. The van der Waals surface area contributed by atoms with Crippen LogP contribution in [0.2, 0.25) is 0 Å². The van der Waals surface area contributed by atoms with Gasteiger partial charge in [-0.25, -0.2) is 9.78 Å². The molecule has 88 valence electrons. The van der Waals surface area contributed by atoms with Gasteiger partial charge in [-0.15, -0.1) is 11.3 Å². The molecular formula is C11H16N2O2S. The third kappa shape index (κ3) is 2.10. The number of nitrogens with zero attached hydrogens (tertiary/aromatic N) is 1. The Balaban J connectivity index is 2.19. The molecule has 1 aliphatic rings. The van der Waals surface area contributed by atoms with Gasteiger partial charge in [0.25, 0.3) is 0 Å². The normalized spacial score (nSPS) is 30.2. The fourth-order valence-electron chi connectivity index (χ4n) is 2.09. The number of carboxylic acids is 1. The minimum Gasteiger partial charge on any atom is -0.476 e. The molecule has 0 spiro atoms. The van der Waals surface area contributed by atoms with Crippen molar-refractivity contribution in [1.82, 2.24) is 4.98 Å². The Hall–Kier alpha value is -0.940. The second kappa shape index (κ2) is 4.14. The monoisotopic (exact) mass is 240 g/mol. The lowest BCUT2D eigenvalue weighted by Crippen LogP contribution is -2.40. The zero-order valence-corrected chi connectivity index (χ0v) is 10.1. The van der Waals surface area contributed by atoms with Crippen LogP contribution in [0.3, 0.4) is 0 Å². The van der Waals surface area contributed by atoms with E-state index >= 15 is 0 Å². The Labute approximate surface area is 98.5 Å². The molecule has 0 aromatic carbocycles. The van der Waals surface area contributed by atoms with Crippen LogP contribution in [0, 0.1) is 5.92 Å². The highest BCUT2D eigenvalue weighted by Crippen LogP contribution is 2.38. The molecule has 1 saturated carbocycles. The lowest BCUT2D eigenvalue weighted by atomic mass is 9.78. The van der Waals surface area contributed by atoms with Crippen LogP contribution in [0.4, 0.5) is 0 Å². The van der Waals surface area contributed by atoms with Gasteiger partial charge >= 0.3 is 5.97 Å². The molecule has 0 amide bonds. The van der Waals surface area contributed by atoms with Gasteiger partial charge in [0, 0.05) is 5.38 Å². The molecule has 1 aromatic heterocycles. The van der Waals surface area contributed by atoms with E-state index in [0.717, 1.165) is 36.6 Å². The summed E-state index contributed by atoms with van der Waals surface area (Å²) in [7, 11) is 0. The van der Waals surface area contributed by atoms with E-state index in [0.29, 0.717) is 0 Å². The molecule has 16 heavy (non-hydrogen) atoms. The predicted molar refractivity (Wildman–Crippen MR) is 62.6 cm³/mol. The van der Waals surface area contributed by atoms with E-state index in [4.69, 9.17) is 10.8 Å². The third-order valence-electron chi connectivity index (χ3n) is 3.32. The SMILES string of the molecule is CC1CCC(N)(c2nc(C(=O)O)cs2)CC1. The Bertz CT molecular complexity index is 394. The topological polar surface area (TPSA) is 76.2 Å². The summed E-state index contributed by atoms with van der Waals surface area (Å²) in [6.07, 6.45) is 4.00. The van der Waals surface area contributed by atoms with E-state index < -0.39 is 11.5 Å². The van der Waals surface area contributed by atoms with Crippen molar-refractivity contribution in [2.24, 2.45) is 11.7 Å². The first-order valence-electron chi connectivity index (χ1n) is 5.49. The van der Waals surface area contributed by atoms with Crippen molar-refractivity contribution in [3.8, 4) is 0 Å². The molecule has 0 bridgehead atoms. The number of hydrogen-bond acceptors (Lipinski definition) is 4. The first-order chi connectivity index (χ1) is 7.51. The van der Waals surface area contributed by atoms with Crippen LogP contribution in [-0.2, 0) is 5.54 Å². The summed E-state index contributed by atoms with van der Waals surface area (Å²) in [5.41, 5.74) is 6.03. The fraction of sp³-hybridized carbons (Fsp3) is 0.636. The number of hydrogen-bond donors (Lipinski definition) is 2. The zero-order valence-electron chi connectivity index (χ0n) is 9.27. The van der Waals surface area contributed by atoms with Crippen LogP contribution in [-0.4, -0.2) is 16.1 Å². The van der Waals surface area contributed by atoms with Crippen molar-refractivity contribution < 1.29 is 9.90 Å². The summed E-state index contributed by atoms with van der Waals surface area (Å²) in [5.74, 6) is -0.258. The summed E-state index contributed by atoms with van der Waals surface area (Å²) in [6, 6.07) is 0. The van der Waals surface area contributed by atoms with Gasteiger partial charge in [0.1, 0.15) is 5.01 Å². The maximum absolute atomic E-state index is 10.8. The fourth-order valence-corrected chi connectivity index (χ4v) is 3.06. The number of thiazole rings is 1. The van der Waals surface area contributed by atoms with Gasteiger partial charge in [-0.1, -0.05) is 6.92 Å². The van der Waals surface area contributed by atoms with Gasteiger partial charge in [-0.05, 0) is 31.6 Å². The summed E-state index contributed by atoms with van der Waals surface area (Å²) in [4.78, 5) is 14.9. The molecule has 3 N–H and O–H groups in total. The Morgan fingerprint density at radius 2 is 2.25 bits per heavy atom. The highest BCUT2D eigenvalue weighted by Gasteiger charge is 2.34. The lowest BCUT2D eigenvalue weighted by Gasteiger charge is -2.34. The molecule has 0 radical (unpaired) electrons. The van der Waals surface area contributed by atoms with E-state index in [-0.39, 0.29) is 5.69 Å². The van der Waals surface area contributed by atoms with Gasteiger partial charge in [0.15, 0.2) is 5.69 Å². The van der Waals surface area contributed by atoms with Crippen molar-refractivity contribution in [1.29, 1.82) is 0 Å². The zero-order chi connectivity index (χ0) is 11.8.